The Morgan fingerprint density at radius 1 is 1.39 bits per heavy atom. The molecule has 0 bridgehead atoms. The Bertz CT molecular complexity index is 513. The number of nitrogens with zero attached hydrogens (tertiary/aromatic N) is 1. The molecule has 0 aliphatic carbocycles. The lowest BCUT2D eigenvalue weighted by Gasteiger charge is -2.23. The number of furan rings is 1. The van der Waals surface area contributed by atoms with Crippen LogP contribution in [0.5, 0.6) is 0 Å². The van der Waals surface area contributed by atoms with Gasteiger partial charge in [0.1, 0.15) is 11.4 Å². The molecule has 98 valence electrons. The molecular weight excluding hydrogens is 226 g/mol. The van der Waals surface area contributed by atoms with Crippen LogP contribution in [0.3, 0.4) is 0 Å². The zero-order chi connectivity index (χ0) is 13.2. The number of aromatic nitrogens is 1. The molecule has 0 radical (unpaired) electrons. The number of rotatable bonds is 4. The molecule has 4 nitrogen and oxygen atoms in total. The van der Waals surface area contributed by atoms with E-state index >= 15 is 0 Å². The van der Waals surface area contributed by atoms with Gasteiger partial charge in [0.15, 0.2) is 0 Å². The predicted octanol–water partition coefficient (Wildman–Crippen LogP) is 3.00. The van der Waals surface area contributed by atoms with Crippen molar-refractivity contribution in [1.29, 1.82) is 0 Å². The normalized spacial score (nSPS) is 13.8. The van der Waals surface area contributed by atoms with E-state index in [1.54, 1.807) is 12.5 Å². The van der Waals surface area contributed by atoms with E-state index in [1.807, 2.05) is 12.1 Å². The number of nitrogens with one attached hydrogen (secondary N) is 1. The summed E-state index contributed by atoms with van der Waals surface area (Å²) in [6.45, 7) is 7.31. The van der Waals surface area contributed by atoms with Crippen molar-refractivity contribution in [3.63, 3.8) is 0 Å². The van der Waals surface area contributed by atoms with Gasteiger partial charge in [-0.05, 0) is 24.0 Å². The summed E-state index contributed by atoms with van der Waals surface area (Å²) < 4.78 is 5.33. The first-order valence-electron chi connectivity index (χ1n) is 6.27. The number of hydrogen-bond donors (Lipinski definition) is 2. The van der Waals surface area contributed by atoms with Crippen LogP contribution in [0.25, 0.3) is 11.0 Å². The Kier molecular flexibility index (Phi) is 3.57. The first-order chi connectivity index (χ1) is 8.46. The molecule has 4 heteroatoms. The first kappa shape index (κ1) is 12.9. The topological polar surface area (TPSA) is 64.1 Å². The zero-order valence-corrected chi connectivity index (χ0v) is 11.2. The third kappa shape index (κ3) is 3.23. The van der Waals surface area contributed by atoms with Crippen LogP contribution in [0, 0.1) is 5.41 Å². The molecule has 0 fully saturated rings. The minimum absolute atomic E-state index is 0.119. The zero-order valence-electron chi connectivity index (χ0n) is 11.2. The van der Waals surface area contributed by atoms with E-state index in [0.717, 1.165) is 23.2 Å². The van der Waals surface area contributed by atoms with Crippen molar-refractivity contribution >= 4 is 16.8 Å². The Balaban J connectivity index is 2.00. The lowest BCUT2D eigenvalue weighted by molar-refractivity contribution is 0.344. The van der Waals surface area contributed by atoms with Gasteiger partial charge in [-0.3, -0.25) is 0 Å². The van der Waals surface area contributed by atoms with Crippen molar-refractivity contribution in [1.82, 2.24) is 4.98 Å². The molecule has 0 saturated heterocycles. The number of fused-ring (bicyclic) bond motifs is 1. The highest BCUT2D eigenvalue weighted by Crippen LogP contribution is 2.23. The van der Waals surface area contributed by atoms with E-state index in [-0.39, 0.29) is 11.5 Å². The van der Waals surface area contributed by atoms with Crippen LogP contribution >= 0.6 is 0 Å². The monoisotopic (exact) mass is 247 g/mol. The Labute approximate surface area is 108 Å². The van der Waals surface area contributed by atoms with E-state index in [4.69, 9.17) is 10.2 Å². The maximum Gasteiger partial charge on any atom is 0.139 e. The van der Waals surface area contributed by atoms with Crippen LogP contribution < -0.4 is 11.1 Å². The maximum absolute atomic E-state index is 6.11. The summed E-state index contributed by atoms with van der Waals surface area (Å²) in [7, 11) is 0. The Morgan fingerprint density at radius 3 is 2.89 bits per heavy atom. The number of pyridine rings is 1. The van der Waals surface area contributed by atoms with Crippen molar-refractivity contribution in [2.45, 2.75) is 33.2 Å². The van der Waals surface area contributed by atoms with Gasteiger partial charge in [-0.15, -0.1) is 0 Å². The van der Waals surface area contributed by atoms with Gasteiger partial charge >= 0.3 is 0 Å². The van der Waals surface area contributed by atoms with Crippen molar-refractivity contribution in [2.75, 3.05) is 11.9 Å². The quantitative estimate of drug-likeness (QED) is 0.871. The van der Waals surface area contributed by atoms with Crippen LogP contribution in [0.2, 0.25) is 0 Å². The predicted molar refractivity (Wildman–Crippen MR) is 74.5 cm³/mol. The van der Waals surface area contributed by atoms with E-state index in [9.17, 15) is 0 Å². The average molecular weight is 247 g/mol. The lowest BCUT2D eigenvalue weighted by atomic mass is 9.88. The fourth-order valence-corrected chi connectivity index (χ4v) is 2.12. The van der Waals surface area contributed by atoms with Crippen LogP contribution in [-0.2, 0) is 0 Å². The first-order valence-corrected chi connectivity index (χ1v) is 6.27. The second kappa shape index (κ2) is 4.98. The molecule has 2 aromatic heterocycles. The van der Waals surface area contributed by atoms with E-state index < -0.39 is 0 Å². The molecule has 1 unspecified atom stereocenters. The van der Waals surface area contributed by atoms with Gasteiger partial charge in [0.25, 0.3) is 0 Å². The standard InChI is InChI=1S/C14H21N3O/c1-14(2,3)8-10(15)9-17-13-11-5-7-18-12(11)4-6-16-13/h4-7,10H,8-9,15H2,1-3H3,(H,16,17). The van der Waals surface area contributed by atoms with E-state index in [1.165, 1.54) is 0 Å². The van der Waals surface area contributed by atoms with Crippen LogP contribution in [0.15, 0.2) is 29.0 Å². The lowest BCUT2D eigenvalue weighted by Crippen LogP contribution is -2.33. The molecule has 2 aromatic rings. The Morgan fingerprint density at radius 2 is 2.17 bits per heavy atom. The van der Waals surface area contributed by atoms with Crippen molar-refractivity contribution < 1.29 is 4.42 Å². The van der Waals surface area contributed by atoms with Crippen molar-refractivity contribution in [3.05, 3.63) is 24.6 Å². The molecule has 2 rings (SSSR count). The maximum atomic E-state index is 6.11. The summed E-state index contributed by atoms with van der Waals surface area (Å²) in [5.74, 6) is 0.839. The summed E-state index contributed by atoms with van der Waals surface area (Å²) in [5.41, 5.74) is 7.20. The fourth-order valence-electron chi connectivity index (χ4n) is 2.12. The van der Waals surface area contributed by atoms with Crippen molar-refractivity contribution in [2.24, 2.45) is 11.1 Å². The molecule has 0 aromatic carbocycles. The van der Waals surface area contributed by atoms with Gasteiger partial charge in [-0.1, -0.05) is 20.8 Å². The fraction of sp³-hybridized carbons (Fsp3) is 0.500. The van der Waals surface area contributed by atoms with Gasteiger partial charge < -0.3 is 15.5 Å². The molecule has 2 heterocycles. The third-order valence-electron chi connectivity index (χ3n) is 2.79. The van der Waals surface area contributed by atoms with E-state index in [2.05, 4.69) is 31.1 Å². The summed E-state index contributed by atoms with van der Waals surface area (Å²) in [6, 6.07) is 3.89. The Hall–Kier alpha value is -1.55. The van der Waals surface area contributed by atoms with Gasteiger partial charge in [0.05, 0.1) is 11.6 Å². The minimum Gasteiger partial charge on any atom is -0.464 e. The van der Waals surface area contributed by atoms with Gasteiger partial charge in [0.2, 0.25) is 0 Å². The highest BCUT2D eigenvalue weighted by molar-refractivity contribution is 5.87. The smallest absolute Gasteiger partial charge is 0.139 e. The molecule has 0 aliphatic rings. The average Bonchev–Trinajstić information content (AvgIpc) is 2.72. The molecular formula is C14H21N3O. The highest BCUT2D eigenvalue weighted by Gasteiger charge is 2.15. The molecule has 0 spiro atoms. The SMILES string of the molecule is CC(C)(C)CC(N)CNc1nccc2occc12. The van der Waals surface area contributed by atoms with Gasteiger partial charge in [-0.2, -0.15) is 0 Å². The molecule has 1 atom stereocenters. The molecule has 0 amide bonds. The molecule has 3 N–H and O–H groups in total. The number of anilines is 1. The van der Waals surface area contributed by atoms with E-state index in [0.29, 0.717) is 6.54 Å². The third-order valence-corrected chi connectivity index (χ3v) is 2.79. The van der Waals surface area contributed by atoms with Crippen LogP contribution in [0.4, 0.5) is 5.82 Å². The summed E-state index contributed by atoms with van der Waals surface area (Å²) in [4.78, 5) is 4.32. The van der Waals surface area contributed by atoms with Gasteiger partial charge in [0, 0.05) is 18.8 Å². The molecule has 0 saturated carbocycles. The largest absolute Gasteiger partial charge is 0.464 e. The summed E-state index contributed by atoms with van der Waals surface area (Å²) in [6.07, 6.45) is 4.39. The van der Waals surface area contributed by atoms with Crippen molar-refractivity contribution in [3.8, 4) is 0 Å². The van der Waals surface area contributed by atoms with Crippen LogP contribution in [0.1, 0.15) is 27.2 Å². The van der Waals surface area contributed by atoms with Crippen LogP contribution in [-0.4, -0.2) is 17.6 Å². The second-order valence-corrected chi connectivity index (χ2v) is 5.90. The minimum atomic E-state index is 0.119. The van der Waals surface area contributed by atoms with Gasteiger partial charge in [-0.25, -0.2) is 4.98 Å². The molecule has 18 heavy (non-hydrogen) atoms. The summed E-state index contributed by atoms with van der Waals surface area (Å²) >= 11 is 0. The summed E-state index contributed by atoms with van der Waals surface area (Å²) in [5, 5.41) is 4.30. The number of hydrogen-bond acceptors (Lipinski definition) is 4. The second-order valence-electron chi connectivity index (χ2n) is 5.90. The molecule has 0 aliphatic heterocycles. The highest BCUT2D eigenvalue weighted by atomic mass is 16.3. The number of nitrogens with two attached hydrogens (primary N) is 1.